The highest BCUT2D eigenvalue weighted by atomic mass is 28.4. The molecule has 282 valence electrons. The van der Waals surface area contributed by atoms with Gasteiger partial charge in [-0.2, -0.15) is 0 Å². The molecule has 10 nitrogen and oxygen atoms in total. The first kappa shape index (κ1) is 41.7. The summed E-state index contributed by atoms with van der Waals surface area (Å²) < 4.78 is 6.27. The van der Waals surface area contributed by atoms with Gasteiger partial charge < -0.3 is 9.74 Å². The zero-order valence-corrected chi connectivity index (χ0v) is 34.0. The molecule has 11 heteroatoms. The van der Waals surface area contributed by atoms with Crippen LogP contribution in [0.3, 0.4) is 0 Å². The van der Waals surface area contributed by atoms with E-state index in [1.807, 2.05) is 0 Å². The SMILES string of the molecule is CC(=NC1C(C(C)C)CC([N+](=O)[O-])CC1C(C)C)C1CCCC(C(CCCO[Si](C)(C)C)=NC2C(C(C)C)CC([N+](=O)[O-])CC2C(C)C)N1. The molecular weight excluding hydrogens is 635 g/mol. The minimum Gasteiger partial charge on any atom is -0.418 e. The Hall–Kier alpha value is -1.72. The summed E-state index contributed by atoms with van der Waals surface area (Å²) in [4.78, 5) is 35.0. The van der Waals surface area contributed by atoms with Gasteiger partial charge >= 0.3 is 0 Å². The number of nitrogens with one attached hydrogen (secondary N) is 1. The maximum atomic E-state index is 12.0. The average Bonchev–Trinajstić information content (AvgIpc) is 3.01. The van der Waals surface area contributed by atoms with Crippen molar-refractivity contribution in [3.63, 3.8) is 0 Å². The second-order valence-electron chi connectivity index (χ2n) is 18.1. The molecule has 1 saturated heterocycles. The molecule has 1 aliphatic heterocycles. The summed E-state index contributed by atoms with van der Waals surface area (Å²) in [5.41, 5.74) is 2.31. The first-order chi connectivity index (χ1) is 22.8. The number of hydrogen-bond acceptors (Lipinski definition) is 8. The van der Waals surface area contributed by atoms with Crippen LogP contribution in [0.25, 0.3) is 0 Å². The molecule has 0 radical (unpaired) electrons. The van der Waals surface area contributed by atoms with Crippen LogP contribution in [0, 0.1) is 67.6 Å². The number of piperidine rings is 1. The van der Waals surface area contributed by atoms with E-state index in [1.54, 1.807) is 0 Å². The molecule has 6 atom stereocenters. The van der Waals surface area contributed by atoms with Crippen LogP contribution >= 0.6 is 0 Å². The van der Waals surface area contributed by atoms with E-state index in [0.717, 1.165) is 44.4 Å². The normalized spacial score (nSPS) is 33.9. The highest BCUT2D eigenvalue weighted by molar-refractivity contribution is 6.69. The van der Waals surface area contributed by atoms with Gasteiger partial charge in [0, 0.05) is 65.6 Å². The van der Waals surface area contributed by atoms with Crippen LogP contribution in [-0.4, -0.2) is 72.4 Å². The zero-order chi connectivity index (χ0) is 36.8. The van der Waals surface area contributed by atoms with Gasteiger partial charge in [0.05, 0.1) is 12.1 Å². The Kier molecular flexibility index (Phi) is 15.5. The zero-order valence-electron chi connectivity index (χ0n) is 33.0. The Balaban J connectivity index is 1.95. The average molecular weight is 706 g/mol. The van der Waals surface area contributed by atoms with E-state index in [-0.39, 0.29) is 57.7 Å². The fourth-order valence-electron chi connectivity index (χ4n) is 9.04. The van der Waals surface area contributed by atoms with E-state index >= 15 is 0 Å². The van der Waals surface area contributed by atoms with Crippen molar-refractivity contribution in [3.05, 3.63) is 20.2 Å². The minimum atomic E-state index is -1.64. The van der Waals surface area contributed by atoms with Gasteiger partial charge in [-0.3, -0.25) is 30.2 Å². The maximum absolute atomic E-state index is 12.0. The van der Waals surface area contributed by atoms with Crippen molar-refractivity contribution < 1.29 is 14.3 Å². The molecule has 0 aromatic heterocycles. The van der Waals surface area contributed by atoms with Crippen molar-refractivity contribution >= 4 is 19.7 Å². The van der Waals surface area contributed by atoms with Crippen LogP contribution in [0.5, 0.6) is 0 Å². The molecule has 3 fully saturated rings. The molecule has 6 unspecified atom stereocenters. The smallest absolute Gasteiger partial charge is 0.213 e. The van der Waals surface area contributed by atoms with Gasteiger partial charge in [0.15, 0.2) is 8.32 Å². The van der Waals surface area contributed by atoms with E-state index in [9.17, 15) is 20.2 Å². The topological polar surface area (TPSA) is 132 Å². The molecule has 1 N–H and O–H groups in total. The van der Waals surface area contributed by atoms with Gasteiger partial charge in [-0.05, 0) is 106 Å². The summed E-state index contributed by atoms with van der Waals surface area (Å²) in [6.07, 6.45) is 7.23. The lowest BCUT2D eigenvalue weighted by molar-refractivity contribution is -0.530. The molecule has 49 heavy (non-hydrogen) atoms. The standard InChI is InChI=1S/C38H71N5O5Si/c1-23(2)30-19-28(42(44)45)20-31(24(3)4)37(30)39-27(9)34-15-13-16-35(40-34)36(17-14-18-48-49(10,11)12)41-38-32(25(5)6)21-29(43(46)47)22-33(38)26(7)8/h23-26,28-35,37-38,40H,13-22H2,1-12H3. The fourth-order valence-corrected chi connectivity index (χ4v) is 9.80. The number of hydrogen-bond donors (Lipinski definition) is 1. The van der Waals surface area contributed by atoms with Gasteiger partial charge in [-0.25, -0.2) is 0 Å². The third-order valence-corrected chi connectivity index (χ3v) is 13.1. The van der Waals surface area contributed by atoms with Crippen LogP contribution in [-0.2, 0) is 4.43 Å². The molecule has 0 bridgehead atoms. The molecule has 3 aliphatic rings. The van der Waals surface area contributed by atoms with Crippen molar-refractivity contribution in [3.8, 4) is 0 Å². The molecule has 2 saturated carbocycles. The van der Waals surface area contributed by atoms with E-state index < -0.39 is 20.4 Å². The molecular formula is C38H71N5O5Si. The number of nitrogens with zero attached hydrogens (tertiary/aromatic N) is 4. The maximum Gasteiger partial charge on any atom is 0.213 e. The van der Waals surface area contributed by atoms with Crippen LogP contribution in [0.15, 0.2) is 9.98 Å². The number of aliphatic imine (C=N–C) groups is 2. The molecule has 0 amide bonds. The lowest BCUT2D eigenvalue weighted by Gasteiger charge is -2.42. The van der Waals surface area contributed by atoms with E-state index in [4.69, 9.17) is 14.4 Å². The van der Waals surface area contributed by atoms with Crippen molar-refractivity contribution in [2.24, 2.45) is 57.3 Å². The second-order valence-corrected chi connectivity index (χ2v) is 22.6. The van der Waals surface area contributed by atoms with Crippen LogP contribution < -0.4 is 5.32 Å². The predicted octanol–water partition coefficient (Wildman–Crippen LogP) is 8.73. The van der Waals surface area contributed by atoms with Crippen LogP contribution in [0.4, 0.5) is 0 Å². The molecule has 1 heterocycles. The van der Waals surface area contributed by atoms with Crippen LogP contribution in [0.2, 0.25) is 19.6 Å². The van der Waals surface area contributed by atoms with Crippen molar-refractivity contribution in [2.75, 3.05) is 6.61 Å². The monoisotopic (exact) mass is 706 g/mol. The molecule has 0 spiro atoms. The van der Waals surface area contributed by atoms with Crippen LogP contribution in [0.1, 0.15) is 120 Å². The van der Waals surface area contributed by atoms with Crippen molar-refractivity contribution in [2.45, 2.75) is 176 Å². The van der Waals surface area contributed by atoms with E-state index in [2.05, 4.69) is 87.3 Å². The molecule has 2 aliphatic carbocycles. The summed E-state index contributed by atoms with van der Waals surface area (Å²) in [6, 6.07) is -0.588. The second kappa shape index (κ2) is 18.2. The molecule has 0 aromatic rings. The number of rotatable bonds is 15. The highest BCUT2D eigenvalue weighted by Crippen LogP contribution is 2.42. The first-order valence-corrected chi connectivity index (χ1v) is 23.0. The largest absolute Gasteiger partial charge is 0.418 e. The van der Waals surface area contributed by atoms with Crippen molar-refractivity contribution in [1.29, 1.82) is 0 Å². The number of nitro groups is 2. The summed E-state index contributed by atoms with van der Waals surface area (Å²) in [6.45, 7) is 27.2. The Morgan fingerprint density at radius 1 is 0.735 bits per heavy atom. The van der Waals surface area contributed by atoms with Gasteiger partial charge in [-0.15, -0.1) is 0 Å². The Labute approximate surface area is 298 Å². The quantitative estimate of drug-likeness (QED) is 0.0596. The first-order valence-electron chi connectivity index (χ1n) is 19.6. The highest BCUT2D eigenvalue weighted by Gasteiger charge is 2.46. The van der Waals surface area contributed by atoms with Crippen molar-refractivity contribution in [1.82, 2.24) is 5.32 Å². The summed E-state index contributed by atoms with van der Waals surface area (Å²) in [5, 5.41) is 28.0. The van der Waals surface area contributed by atoms with Gasteiger partial charge in [0.1, 0.15) is 0 Å². The van der Waals surface area contributed by atoms with E-state index in [1.165, 1.54) is 5.71 Å². The summed E-state index contributed by atoms with van der Waals surface area (Å²) >= 11 is 0. The fraction of sp³-hybridized carbons (Fsp3) is 0.947. The Morgan fingerprint density at radius 2 is 1.14 bits per heavy atom. The van der Waals surface area contributed by atoms with Gasteiger partial charge in [0.25, 0.3) is 0 Å². The summed E-state index contributed by atoms with van der Waals surface area (Å²) in [7, 11) is -1.64. The minimum absolute atomic E-state index is 0.0493. The lowest BCUT2D eigenvalue weighted by Crippen LogP contribution is -2.52. The van der Waals surface area contributed by atoms with Gasteiger partial charge in [-0.1, -0.05) is 55.4 Å². The Morgan fingerprint density at radius 3 is 1.53 bits per heavy atom. The Bertz CT molecular complexity index is 1120. The van der Waals surface area contributed by atoms with Gasteiger partial charge in [0.2, 0.25) is 12.1 Å². The lowest BCUT2D eigenvalue weighted by atomic mass is 9.67. The summed E-state index contributed by atoms with van der Waals surface area (Å²) in [5.74, 6) is 1.97. The third-order valence-electron chi connectivity index (χ3n) is 12.0. The molecule has 3 rings (SSSR count). The molecule has 0 aromatic carbocycles. The third kappa shape index (κ3) is 11.6. The predicted molar refractivity (Wildman–Crippen MR) is 205 cm³/mol. The van der Waals surface area contributed by atoms with E-state index in [0.29, 0.717) is 49.4 Å².